The van der Waals surface area contributed by atoms with E-state index in [2.05, 4.69) is 22.9 Å². The molecule has 2 nitrogen and oxygen atoms in total. The number of alkyl halides is 1. The van der Waals surface area contributed by atoms with Gasteiger partial charge in [0.05, 0.1) is 18.2 Å². The van der Waals surface area contributed by atoms with Gasteiger partial charge >= 0.3 is 0 Å². The number of fused-ring (bicyclic) bond motifs is 1. The van der Waals surface area contributed by atoms with Crippen LogP contribution in [-0.2, 0) is 0 Å². The quantitative estimate of drug-likeness (QED) is 0.330. The van der Waals surface area contributed by atoms with Gasteiger partial charge in [-0.2, -0.15) is 0 Å². The van der Waals surface area contributed by atoms with Crippen LogP contribution in [0.15, 0.2) is 30.3 Å². The smallest absolute Gasteiger partial charge is 0.138 e. The molecule has 23 heavy (non-hydrogen) atoms. The number of hydrogen-bond acceptors (Lipinski definition) is 2. The molecule has 0 bridgehead atoms. The fourth-order valence-electron chi connectivity index (χ4n) is 2.40. The van der Waals surface area contributed by atoms with Gasteiger partial charge in [0, 0.05) is 10.7 Å². The van der Waals surface area contributed by atoms with Gasteiger partial charge in [-0.15, -0.1) is 0 Å². The molecule has 126 valence electrons. The van der Waals surface area contributed by atoms with Crippen molar-refractivity contribution in [2.75, 3.05) is 18.5 Å². The Bertz CT molecular complexity index is 616. The maximum absolute atomic E-state index is 6.49. The molecule has 0 saturated heterocycles. The Morgan fingerprint density at radius 1 is 0.957 bits per heavy atom. The van der Waals surface area contributed by atoms with Gasteiger partial charge < -0.3 is 9.47 Å². The van der Waals surface area contributed by atoms with Gasteiger partial charge in [-0.25, -0.2) is 0 Å². The van der Waals surface area contributed by atoms with Crippen molar-refractivity contribution >= 4 is 38.3 Å². The van der Waals surface area contributed by atoms with E-state index in [4.69, 9.17) is 21.1 Å². The molecule has 2 aromatic rings. The first-order valence-corrected chi connectivity index (χ1v) is 9.80. The molecule has 2 rings (SSSR count). The molecule has 0 aliphatic rings. The van der Waals surface area contributed by atoms with Crippen molar-refractivity contribution < 1.29 is 9.47 Å². The topological polar surface area (TPSA) is 18.5 Å². The van der Waals surface area contributed by atoms with Crippen LogP contribution < -0.4 is 9.47 Å². The Morgan fingerprint density at radius 2 is 1.78 bits per heavy atom. The Balaban J connectivity index is 1.98. The molecule has 0 fully saturated rings. The van der Waals surface area contributed by atoms with Crippen molar-refractivity contribution in [1.82, 2.24) is 0 Å². The lowest BCUT2D eigenvalue weighted by Gasteiger charge is -2.11. The summed E-state index contributed by atoms with van der Waals surface area (Å²) in [5.74, 6) is 1.65. The van der Waals surface area contributed by atoms with E-state index >= 15 is 0 Å². The van der Waals surface area contributed by atoms with Crippen molar-refractivity contribution in [1.29, 1.82) is 0 Å². The number of ether oxygens (including phenoxy) is 2. The summed E-state index contributed by atoms with van der Waals surface area (Å²) in [5.41, 5.74) is 0. The molecule has 0 heterocycles. The van der Waals surface area contributed by atoms with Crippen LogP contribution in [-0.4, -0.2) is 18.5 Å². The number of halogens is 2. The molecule has 0 aliphatic heterocycles. The van der Waals surface area contributed by atoms with E-state index in [1.54, 1.807) is 0 Å². The van der Waals surface area contributed by atoms with Gasteiger partial charge in [-0.3, -0.25) is 0 Å². The molecule has 0 unspecified atom stereocenters. The first-order chi connectivity index (χ1) is 11.3. The van der Waals surface area contributed by atoms with Crippen molar-refractivity contribution in [2.24, 2.45) is 0 Å². The van der Waals surface area contributed by atoms with Crippen LogP contribution in [0.5, 0.6) is 11.5 Å². The third-order valence-electron chi connectivity index (χ3n) is 3.65. The molecular formula is C19H24BrClO2. The fraction of sp³-hybridized carbons (Fsp3) is 0.474. The lowest BCUT2D eigenvalue weighted by atomic mass is 10.1. The monoisotopic (exact) mass is 398 g/mol. The summed E-state index contributed by atoms with van der Waals surface area (Å²) in [6.07, 6.45) is 5.71. The van der Waals surface area contributed by atoms with Gasteiger partial charge in [0.2, 0.25) is 0 Å². The third kappa shape index (κ3) is 5.58. The van der Waals surface area contributed by atoms with Crippen LogP contribution in [0.3, 0.4) is 0 Å². The Morgan fingerprint density at radius 3 is 2.57 bits per heavy atom. The zero-order valence-electron chi connectivity index (χ0n) is 13.6. The summed E-state index contributed by atoms with van der Waals surface area (Å²) in [4.78, 5) is 0. The normalized spacial score (nSPS) is 10.9. The first kappa shape index (κ1) is 18.4. The highest BCUT2D eigenvalue weighted by atomic mass is 79.9. The number of unbranched alkanes of at least 4 members (excludes halogenated alkanes) is 3. The Labute approximate surface area is 152 Å². The lowest BCUT2D eigenvalue weighted by Crippen LogP contribution is -1.98. The summed E-state index contributed by atoms with van der Waals surface area (Å²) in [6, 6.07) is 9.99. The minimum absolute atomic E-state index is 0.685. The SMILES string of the molecule is CCCOc1ccc2c(Cl)c(OCCCCCCBr)ccc2c1. The Hall–Kier alpha value is -0.930. The fourth-order valence-corrected chi connectivity index (χ4v) is 3.09. The Kier molecular flexibility index (Phi) is 8.04. The lowest BCUT2D eigenvalue weighted by molar-refractivity contribution is 0.305. The second kappa shape index (κ2) is 10.0. The largest absolute Gasteiger partial charge is 0.494 e. The van der Waals surface area contributed by atoms with Crippen molar-refractivity contribution in [2.45, 2.75) is 39.0 Å². The van der Waals surface area contributed by atoms with E-state index in [0.29, 0.717) is 11.6 Å². The highest BCUT2D eigenvalue weighted by Crippen LogP contribution is 2.34. The predicted molar refractivity (Wildman–Crippen MR) is 103 cm³/mol. The summed E-state index contributed by atoms with van der Waals surface area (Å²) in [7, 11) is 0. The summed E-state index contributed by atoms with van der Waals surface area (Å²) in [6.45, 7) is 3.54. The maximum Gasteiger partial charge on any atom is 0.138 e. The molecule has 2 aromatic carbocycles. The molecule has 0 saturated carbocycles. The standard InChI is InChI=1S/C19H24BrClO2/c1-2-12-22-16-8-9-17-15(14-16)7-10-18(19(17)21)23-13-6-4-3-5-11-20/h7-10,14H,2-6,11-13H2,1H3. The van der Waals surface area contributed by atoms with E-state index < -0.39 is 0 Å². The van der Waals surface area contributed by atoms with Gasteiger partial charge in [0.25, 0.3) is 0 Å². The average molecular weight is 400 g/mol. The van der Waals surface area contributed by atoms with Crippen LogP contribution in [0, 0.1) is 0 Å². The molecule has 0 spiro atoms. The molecule has 4 heteroatoms. The maximum atomic E-state index is 6.49. The average Bonchev–Trinajstić information content (AvgIpc) is 2.58. The number of rotatable bonds is 10. The first-order valence-electron chi connectivity index (χ1n) is 8.30. The van der Waals surface area contributed by atoms with Crippen LogP contribution in [0.2, 0.25) is 5.02 Å². The third-order valence-corrected chi connectivity index (χ3v) is 4.60. The van der Waals surface area contributed by atoms with Crippen LogP contribution >= 0.6 is 27.5 Å². The van der Waals surface area contributed by atoms with Crippen LogP contribution in [0.1, 0.15) is 39.0 Å². The minimum atomic E-state index is 0.685. The van der Waals surface area contributed by atoms with E-state index in [1.165, 1.54) is 19.3 Å². The molecule has 0 radical (unpaired) electrons. The van der Waals surface area contributed by atoms with Crippen molar-refractivity contribution in [3.8, 4) is 11.5 Å². The van der Waals surface area contributed by atoms with Gasteiger partial charge in [0.1, 0.15) is 11.5 Å². The van der Waals surface area contributed by atoms with E-state index in [9.17, 15) is 0 Å². The molecule has 0 amide bonds. The predicted octanol–water partition coefficient (Wildman–Crippen LogP) is 6.62. The molecular weight excluding hydrogens is 376 g/mol. The highest BCUT2D eigenvalue weighted by molar-refractivity contribution is 9.09. The number of benzene rings is 2. The van der Waals surface area contributed by atoms with Gasteiger partial charge in [0.15, 0.2) is 0 Å². The van der Waals surface area contributed by atoms with E-state index in [-0.39, 0.29) is 0 Å². The summed E-state index contributed by atoms with van der Waals surface area (Å²) in [5, 5.41) is 3.85. The van der Waals surface area contributed by atoms with Gasteiger partial charge in [-0.1, -0.05) is 53.4 Å². The van der Waals surface area contributed by atoms with Crippen LogP contribution in [0.4, 0.5) is 0 Å². The zero-order chi connectivity index (χ0) is 16.5. The number of hydrogen-bond donors (Lipinski definition) is 0. The van der Waals surface area contributed by atoms with E-state index in [0.717, 1.165) is 47.1 Å². The van der Waals surface area contributed by atoms with Crippen LogP contribution in [0.25, 0.3) is 10.8 Å². The van der Waals surface area contributed by atoms with Crippen molar-refractivity contribution in [3.05, 3.63) is 35.4 Å². The van der Waals surface area contributed by atoms with Crippen molar-refractivity contribution in [3.63, 3.8) is 0 Å². The second-order valence-electron chi connectivity index (χ2n) is 5.56. The molecule has 0 atom stereocenters. The van der Waals surface area contributed by atoms with E-state index in [1.807, 2.05) is 30.3 Å². The molecule has 0 aromatic heterocycles. The zero-order valence-corrected chi connectivity index (χ0v) is 16.0. The molecule has 0 N–H and O–H groups in total. The second-order valence-corrected chi connectivity index (χ2v) is 6.73. The minimum Gasteiger partial charge on any atom is -0.494 e. The summed E-state index contributed by atoms with van der Waals surface area (Å²) >= 11 is 9.94. The highest BCUT2D eigenvalue weighted by Gasteiger charge is 2.08. The van der Waals surface area contributed by atoms with Gasteiger partial charge in [-0.05, 0) is 48.9 Å². The molecule has 0 aliphatic carbocycles. The summed E-state index contributed by atoms with van der Waals surface area (Å²) < 4.78 is 11.5.